The number of carboxylic acids is 1. The predicted molar refractivity (Wildman–Crippen MR) is 103 cm³/mol. The zero-order valence-corrected chi connectivity index (χ0v) is 16.1. The number of aromatic nitrogens is 1. The van der Waals surface area contributed by atoms with Crippen molar-refractivity contribution < 1.29 is 29.0 Å². The highest BCUT2D eigenvalue weighted by Gasteiger charge is 2.26. The van der Waals surface area contributed by atoms with E-state index >= 15 is 0 Å². The minimum absolute atomic E-state index is 0.120. The van der Waals surface area contributed by atoms with E-state index in [2.05, 4.69) is 4.98 Å². The monoisotopic (exact) mass is 399 g/mol. The Morgan fingerprint density at radius 2 is 1.38 bits per heavy atom. The van der Waals surface area contributed by atoms with Crippen LogP contribution in [0.4, 0.5) is 0 Å². The van der Waals surface area contributed by atoms with Crippen LogP contribution in [-0.4, -0.2) is 78.1 Å². The fourth-order valence-corrected chi connectivity index (χ4v) is 3.06. The molecule has 1 aromatic carbocycles. The number of carboxylic acid groups (broad SMARTS) is 1. The molecule has 1 N–H and O–H groups in total. The van der Waals surface area contributed by atoms with Crippen LogP contribution in [0.1, 0.15) is 31.2 Å². The number of benzene rings is 1. The Kier molecular flexibility index (Phi) is 5.96. The number of hydrogen-bond acceptors (Lipinski definition) is 6. The molecule has 0 spiro atoms. The van der Waals surface area contributed by atoms with Gasteiger partial charge in [-0.05, 0) is 24.3 Å². The van der Waals surface area contributed by atoms with E-state index in [-0.39, 0.29) is 17.5 Å². The summed E-state index contributed by atoms with van der Waals surface area (Å²) in [5.74, 6) is -0.505. The second kappa shape index (κ2) is 8.59. The molecule has 1 fully saturated rings. The van der Waals surface area contributed by atoms with Gasteiger partial charge in [-0.2, -0.15) is 0 Å². The summed E-state index contributed by atoms with van der Waals surface area (Å²) in [6.07, 6.45) is 1.26. The molecule has 2 heterocycles. The maximum absolute atomic E-state index is 12.8. The second-order valence-corrected chi connectivity index (χ2v) is 6.42. The maximum atomic E-state index is 12.8. The Morgan fingerprint density at radius 1 is 0.862 bits per heavy atom. The summed E-state index contributed by atoms with van der Waals surface area (Å²) < 4.78 is 10.4. The fraction of sp³-hybridized carbons (Fsp3) is 0.300. The second-order valence-electron chi connectivity index (χ2n) is 6.42. The van der Waals surface area contributed by atoms with Gasteiger partial charge in [-0.1, -0.05) is 0 Å². The first kappa shape index (κ1) is 20.1. The number of nitrogens with zero attached hydrogens (tertiary/aromatic N) is 3. The average Bonchev–Trinajstić information content (AvgIpc) is 2.77. The van der Waals surface area contributed by atoms with Gasteiger partial charge in [-0.15, -0.1) is 0 Å². The third-order valence-electron chi connectivity index (χ3n) is 4.68. The van der Waals surface area contributed by atoms with Crippen molar-refractivity contribution in [2.24, 2.45) is 0 Å². The van der Waals surface area contributed by atoms with Crippen LogP contribution in [-0.2, 0) is 0 Å². The van der Waals surface area contributed by atoms with Crippen molar-refractivity contribution in [3.05, 3.63) is 53.3 Å². The summed E-state index contributed by atoms with van der Waals surface area (Å²) in [5.41, 5.74) is 0.646. The van der Waals surface area contributed by atoms with Gasteiger partial charge in [-0.25, -0.2) is 9.78 Å². The molecular formula is C20H21N3O6. The molecule has 2 aromatic rings. The predicted octanol–water partition coefficient (Wildman–Crippen LogP) is 1.40. The SMILES string of the molecule is COc1cc(OC)cc(C(=O)N2CCN(C(=O)c3ccc(C(=O)O)nc3)CC2)c1. The Labute approximate surface area is 167 Å². The molecule has 0 unspecified atom stereocenters. The van der Waals surface area contributed by atoms with E-state index in [4.69, 9.17) is 14.6 Å². The highest BCUT2D eigenvalue weighted by Crippen LogP contribution is 2.24. The first-order valence-corrected chi connectivity index (χ1v) is 8.94. The van der Waals surface area contributed by atoms with E-state index < -0.39 is 5.97 Å². The number of amides is 2. The van der Waals surface area contributed by atoms with E-state index in [0.717, 1.165) is 0 Å². The number of pyridine rings is 1. The van der Waals surface area contributed by atoms with Crippen LogP contribution in [0.3, 0.4) is 0 Å². The van der Waals surface area contributed by atoms with Crippen LogP contribution in [0.25, 0.3) is 0 Å². The van der Waals surface area contributed by atoms with Crippen LogP contribution >= 0.6 is 0 Å². The first-order valence-electron chi connectivity index (χ1n) is 8.94. The third kappa shape index (κ3) is 4.45. The quantitative estimate of drug-likeness (QED) is 0.809. The number of ether oxygens (including phenoxy) is 2. The molecule has 1 aliphatic rings. The maximum Gasteiger partial charge on any atom is 0.354 e. The summed E-state index contributed by atoms with van der Waals surface area (Å²) in [7, 11) is 3.04. The van der Waals surface area contributed by atoms with Gasteiger partial charge in [-0.3, -0.25) is 9.59 Å². The Balaban J connectivity index is 1.64. The number of carbonyl (C=O) groups is 3. The lowest BCUT2D eigenvalue weighted by molar-refractivity contribution is 0.0535. The normalized spacial score (nSPS) is 13.7. The number of rotatable bonds is 5. The van der Waals surface area contributed by atoms with Gasteiger partial charge < -0.3 is 24.4 Å². The molecule has 152 valence electrons. The lowest BCUT2D eigenvalue weighted by Gasteiger charge is -2.35. The molecular weight excluding hydrogens is 378 g/mol. The van der Waals surface area contributed by atoms with Crippen LogP contribution in [0.2, 0.25) is 0 Å². The van der Waals surface area contributed by atoms with Crippen LogP contribution in [0.15, 0.2) is 36.5 Å². The topological polar surface area (TPSA) is 109 Å². The molecule has 0 bridgehead atoms. The summed E-state index contributed by atoms with van der Waals surface area (Å²) in [5, 5.41) is 8.89. The molecule has 3 rings (SSSR count). The van der Waals surface area contributed by atoms with Crippen molar-refractivity contribution in [2.45, 2.75) is 0 Å². The molecule has 0 saturated carbocycles. The molecule has 0 radical (unpaired) electrons. The zero-order chi connectivity index (χ0) is 21.0. The van der Waals surface area contributed by atoms with Gasteiger partial charge in [0.25, 0.3) is 11.8 Å². The number of hydrogen-bond donors (Lipinski definition) is 1. The number of piperazine rings is 1. The molecule has 1 aromatic heterocycles. The molecule has 29 heavy (non-hydrogen) atoms. The summed E-state index contributed by atoms with van der Waals surface area (Å²) in [6.45, 7) is 1.49. The summed E-state index contributed by atoms with van der Waals surface area (Å²) in [6, 6.07) is 7.73. The summed E-state index contributed by atoms with van der Waals surface area (Å²) in [4.78, 5) is 43.4. The average molecular weight is 399 g/mol. The largest absolute Gasteiger partial charge is 0.497 e. The van der Waals surface area contributed by atoms with Gasteiger partial charge in [0, 0.05) is 44.0 Å². The van der Waals surface area contributed by atoms with Crippen molar-refractivity contribution >= 4 is 17.8 Å². The highest BCUT2D eigenvalue weighted by atomic mass is 16.5. The smallest absolute Gasteiger partial charge is 0.354 e. The van der Waals surface area contributed by atoms with Gasteiger partial charge in [0.15, 0.2) is 0 Å². The van der Waals surface area contributed by atoms with E-state index in [9.17, 15) is 14.4 Å². The van der Waals surface area contributed by atoms with Gasteiger partial charge >= 0.3 is 5.97 Å². The van der Waals surface area contributed by atoms with Gasteiger partial charge in [0.05, 0.1) is 19.8 Å². The van der Waals surface area contributed by atoms with Crippen molar-refractivity contribution in [2.75, 3.05) is 40.4 Å². The van der Waals surface area contributed by atoms with E-state index in [1.54, 1.807) is 28.0 Å². The molecule has 0 aliphatic carbocycles. The molecule has 2 amide bonds. The van der Waals surface area contributed by atoms with E-state index in [0.29, 0.717) is 48.8 Å². The van der Waals surface area contributed by atoms with Crippen LogP contribution in [0.5, 0.6) is 11.5 Å². The number of methoxy groups -OCH3 is 2. The third-order valence-corrected chi connectivity index (χ3v) is 4.68. The van der Waals surface area contributed by atoms with Crippen molar-refractivity contribution in [1.29, 1.82) is 0 Å². The summed E-state index contributed by atoms with van der Waals surface area (Å²) >= 11 is 0. The standard InChI is InChI=1S/C20H21N3O6/c1-28-15-9-14(10-16(11-15)29-2)19(25)23-7-5-22(6-8-23)18(24)13-3-4-17(20(26)27)21-12-13/h3-4,9-12H,5-8H2,1-2H3,(H,26,27). The Bertz CT molecular complexity index is 898. The minimum atomic E-state index is -1.15. The Morgan fingerprint density at radius 3 is 1.79 bits per heavy atom. The fourth-order valence-electron chi connectivity index (χ4n) is 3.06. The van der Waals surface area contributed by atoms with Crippen molar-refractivity contribution in [3.8, 4) is 11.5 Å². The minimum Gasteiger partial charge on any atom is -0.497 e. The lowest BCUT2D eigenvalue weighted by Crippen LogP contribution is -2.50. The van der Waals surface area contributed by atoms with Gasteiger partial charge in [0.2, 0.25) is 0 Å². The molecule has 1 aliphatic heterocycles. The molecule has 0 atom stereocenters. The highest BCUT2D eigenvalue weighted by molar-refractivity contribution is 5.96. The first-order chi connectivity index (χ1) is 13.9. The van der Waals surface area contributed by atoms with Crippen LogP contribution in [0, 0.1) is 0 Å². The zero-order valence-electron chi connectivity index (χ0n) is 16.1. The van der Waals surface area contributed by atoms with E-state index in [1.165, 1.54) is 32.5 Å². The van der Waals surface area contributed by atoms with Crippen molar-refractivity contribution in [3.63, 3.8) is 0 Å². The van der Waals surface area contributed by atoms with Crippen molar-refractivity contribution in [1.82, 2.24) is 14.8 Å². The molecule has 1 saturated heterocycles. The number of carbonyl (C=O) groups excluding carboxylic acids is 2. The molecule has 9 heteroatoms. The lowest BCUT2D eigenvalue weighted by atomic mass is 10.1. The number of aromatic carboxylic acids is 1. The van der Waals surface area contributed by atoms with Gasteiger partial charge in [0.1, 0.15) is 17.2 Å². The van der Waals surface area contributed by atoms with E-state index in [1.807, 2.05) is 0 Å². The Hall–Kier alpha value is -3.62. The molecule has 9 nitrogen and oxygen atoms in total. The van der Waals surface area contributed by atoms with Crippen LogP contribution < -0.4 is 9.47 Å².